The zero-order chi connectivity index (χ0) is 50.3. The lowest BCUT2D eigenvalue weighted by Crippen LogP contribution is -2.56. The van der Waals surface area contributed by atoms with Crippen molar-refractivity contribution in [3.8, 4) is 0 Å². The zero-order valence-electron chi connectivity index (χ0n) is 39.2. The van der Waals surface area contributed by atoms with Gasteiger partial charge >= 0.3 is 18.4 Å². The van der Waals surface area contributed by atoms with E-state index in [4.69, 9.17) is 5.73 Å². The molecule has 0 bridgehead atoms. The quantitative estimate of drug-likeness (QED) is 0.0570. The number of halogens is 6. The van der Waals surface area contributed by atoms with Crippen molar-refractivity contribution in [2.45, 2.75) is 104 Å². The number of carbonyl (C=O) groups excluding carboxylic acids is 4. The van der Waals surface area contributed by atoms with Gasteiger partial charge in [0.05, 0.1) is 22.9 Å². The Kier molecular flexibility index (Phi) is 19.5. The summed E-state index contributed by atoms with van der Waals surface area (Å²) in [5.41, 5.74) is 5.96. The molecule has 0 unspecified atom stereocenters. The Morgan fingerprint density at radius 1 is 0.662 bits per heavy atom. The van der Waals surface area contributed by atoms with Crippen LogP contribution < -0.4 is 27.0 Å². The highest BCUT2D eigenvalue weighted by atomic mass is 19.4. The van der Waals surface area contributed by atoms with Gasteiger partial charge in [-0.1, -0.05) is 114 Å². The molecule has 0 saturated carbocycles. The van der Waals surface area contributed by atoms with Gasteiger partial charge in [-0.05, 0) is 71.2 Å². The summed E-state index contributed by atoms with van der Waals surface area (Å²) in [5.74, 6) is -0.354. The molecule has 4 aromatic carbocycles. The van der Waals surface area contributed by atoms with E-state index in [1.807, 2.05) is 65.8 Å². The van der Waals surface area contributed by atoms with Crippen molar-refractivity contribution < 1.29 is 45.5 Å². The Bertz CT molecular complexity index is 2300. The number of nitrogens with two attached hydrogens (primary N) is 1. The molecule has 0 aliphatic carbocycles. The number of carbonyl (C=O) groups is 3. The van der Waals surface area contributed by atoms with E-state index in [1.165, 1.54) is 41.5 Å². The fraction of sp³-hybridized carbons (Fsp3) is 0.440. The number of urea groups is 1. The lowest BCUT2D eigenvalue weighted by atomic mass is 9.86. The number of hydrogen-bond acceptors (Lipinski definition) is 8. The average molecular weight is 953 g/mol. The van der Waals surface area contributed by atoms with Crippen LogP contribution in [0.3, 0.4) is 0 Å². The predicted octanol–water partition coefficient (Wildman–Crippen LogP) is 9.06. The van der Waals surface area contributed by atoms with E-state index >= 15 is 0 Å². The van der Waals surface area contributed by atoms with E-state index in [9.17, 15) is 45.5 Å². The molecule has 68 heavy (non-hydrogen) atoms. The summed E-state index contributed by atoms with van der Waals surface area (Å²) in [6, 6.07) is 27.1. The van der Waals surface area contributed by atoms with Crippen LogP contribution in [-0.2, 0) is 39.8 Å². The lowest BCUT2D eigenvalue weighted by molar-refractivity contribution is -0.138. The molecule has 6 rings (SSSR count). The second-order valence-corrected chi connectivity index (χ2v) is 19.0. The number of alkyl halides is 6. The van der Waals surface area contributed by atoms with Gasteiger partial charge in [0.2, 0.25) is 17.9 Å². The molecule has 4 aromatic rings. The third kappa shape index (κ3) is 18.2. The first-order valence-corrected chi connectivity index (χ1v) is 22.2. The van der Waals surface area contributed by atoms with Crippen LogP contribution in [0.25, 0.3) is 0 Å². The molecule has 0 spiro atoms. The number of rotatable bonds is 11. The molecule has 18 heteroatoms. The average Bonchev–Trinajstić information content (AvgIpc) is 3.90. The highest BCUT2D eigenvalue weighted by Gasteiger charge is 2.36. The van der Waals surface area contributed by atoms with Crippen LogP contribution in [0.1, 0.15) is 76.6 Å². The molecular formula is C50H62F6N8O4. The van der Waals surface area contributed by atoms with Gasteiger partial charge in [0.25, 0.3) is 0 Å². The summed E-state index contributed by atoms with van der Waals surface area (Å²) in [6.45, 7) is 16.6. The van der Waals surface area contributed by atoms with Crippen LogP contribution in [-0.4, -0.2) is 84.1 Å². The second-order valence-electron chi connectivity index (χ2n) is 19.0. The summed E-state index contributed by atoms with van der Waals surface area (Å²) in [6.07, 6.45) is -5.96. The van der Waals surface area contributed by atoms with Crippen LogP contribution >= 0.6 is 0 Å². The Morgan fingerprint density at radius 3 is 1.59 bits per heavy atom. The lowest BCUT2D eigenvalue weighted by Gasteiger charge is -2.31. The first-order chi connectivity index (χ1) is 31.8. The van der Waals surface area contributed by atoms with Crippen LogP contribution in [0.15, 0.2) is 114 Å². The van der Waals surface area contributed by atoms with Crippen LogP contribution in [0.2, 0.25) is 0 Å². The van der Waals surface area contributed by atoms with Crippen molar-refractivity contribution in [3.05, 3.63) is 131 Å². The largest absolute Gasteiger partial charge is 0.416 e. The van der Waals surface area contributed by atoms with Gasteiger partial charge in [-0.25, -0.2) is 9.59 Å². The van der Waals surface area contributed by atoms with Gasteiger partial charge in [-0.2, -0.15) is 31.3 Å². The minimum absolute atomic E-state index is 0.00672. The van der Waals surface area contributed by atoms with E-state index in [1.54, 1.807) is 0 Å². The van der Waals surface area contributed by atoms with Crippen molar-refractivity contribution in [1.29, 1.82) is 0 Å². The summed E-state index contributed by atoms with van der Waals surface area (Å²) in [5, 5.41) is 11.2. The molecular weight excluding hydrogens is 891 g/mol. The first-order valence-electron chi connectivity index (χ1n) is 22.2. The molecule has 2 fully saturated rings. The van der Waals surface area contributed by atoms with E-state index in [0.717, 1.165) is 69.8 Å². The minimum Gasteiger partial charge on any atom is -0.351 e. The van der Waals surface area contributed by atoms with Crippen molar-refractivity contribution in [2.24, 2.45) is 21.6 Å². The number of isocyanates is 1. The van der Waals surface area contributed by atoms with Gasteiger partial charge in [0.15, 0.2) is 0 Å². The third-order valence-corrected chi connectivity index (χ3v) is 11.2. The summed E-state index contributed by atoms with van der Waals surface area (Å²) < 4.78 is 75.0. The second kappa shape index (κ2) is 24.3. The Morgan fingerprint density at radius 2 is 1.13 bits per heavy atom. The zero-order valence-corrected chi connectivity index (χ0v) is 39.2. The van der Waals surface area contributed by atoms with Gasteiger partial charge in [0.1, 0.15) is 6.04 Å². The normalized spacial score (nSPS) is 17.5. The SMILES string of the molecule is CC(C)(C)[C@H](N)C(=O)N[C@H]1CCN(Cc2ccccc2)C1.CC(C)(C)[C@H](NC(=O)Nc1cccc(C(F)(F)F)c1)C(=O)N[C@H]1CCN(Cc2ccccc2)C1.O=C=Nc1cccc(C(F)(F)F)c1. The number of anilines is 1. The first kappa shape index (κ1) is 54.5. The summed E-state index contributed by atoms with van der Waals surface area (Å²) in [4.78, 5) is 55.2. The smallest absolute Gasteiger partial charge is 0.351 e. The molecule has 12 nitrogen and oxygen atoms in total. The van der Waals surface area contributed by atoms with Crippen molar-refractivity contribution >= 4 is 35.3 Å². The maximum atomic E-state index is 13.1. The Balaban J connectivity index is 0.000000250. The van der Waals surface area contributed by atoms with Gasteiger partial charge in [-0.15, -0.1) is 0 Å². The van der Waals surface area contributed by atoms with Crippen molar-refractivity contribution in [1.82, 2.24) is 25.8 Å². The summed E-state index contributed by atoms with van der Waals surface area (Å²) >= 11 is 0. The van der Waals surface area contributed by atoms with E-state index < -0.39 is 47.0 Å². The number of aliphatic imine (C=N–C) groups is 1. The topological polar surface area (TPSA) is 161 Å². The monoisotopic (exact) mass is 952 g/mol. The minimum atomic E-state index is -4.52. The predicted molar refractivity (Wildman–Crippen MR) is 250 cm³/mol. The van der Waals surface area contributed by atoms with Crippen molar-refractivity contribution in [3.63, 3.8) is 0 Å². The molecule has 4 amide bonds. The number of likely N-dealkylation sites (tertiary alicyclic amines) is 2. The molecule has 2 aliphatic rings. The summed E-state index contributed by atoms with van der Waals surface area (Å²) in [7, 11) is 0. The molecule has 2 aliphatic heterocycles. The van der Waals surface area contributed by atoms with Crippen LogP contribution in [0, 0.1) is 10.8 Å². The van der Waals surface area contributed by atoms with E-state index in [0.29, 0.717) is 6.54 Å². The van der Waals surface area contributed by atoms with E-state index in [-0.39, 0.29) is 40.7 Å². The van der Waals surface area contributed by atoms with E-state index in [2.05, 4.69) is 72.5 Å². The maximum Gasteiger partial charge on any atom is 0.416 e. The molecule has 2 heterocycles. The standard InChI is InChI=1S/C25H31F3N4O2.C17H27N3O.C8H4F3NO/c1-24(2,3)21(31-23(34)30-19-11-7-10-18(14-19)25(26,27)28)22(33)29-20-12-13-32(16-20)15-17-8-5-4-6-9-17;1-17(2,3)15(18)16(21)19-14-9-10-20(12-14)11-13-7-5-4-6-8-13;9-8(10,11)6-2-1-3-7(4-6)12-5-13/h4-11,14,20-21H,12-13,15-16H2,1-3H3,(H,29,33)(H2,30,31,34);4-8,14-15H,9-12,18H2,1-3H3,(H,19,21);1-4H/t20-,21+;14-,15+;/m00./s1. The Labute approximate surface area is 394 Å². The number of amides is 4. The Hall–Kier alpha value is -6.07. The number of hydrogen-bond donors (Lipinski definition) is 5. The number of benzene rings is 4. The van der Waals surface area contributed by atoms with Gasteiger partial charge in [0, 0.05) is 57.0 Å². The maximum absolute atomic E-state index is 13.1. The molecule has 0 aromatic heterocycles. The highest BCUT2D eigenvalue weighted by molar-refractivity contribution is 5.94. The van der Waals surface area contributed by atoms with Crippen molar-refractivity contribution in [2.75, 3.05) is 31.5 Å². The fourth-order valence-corrected chi connectivity index (χ4v) is 7.39. The number of nitrogens with one attached hydrogen (secondary N) is 4. The molecule has 4 atom stereocenters. The molecule has 2 saturated heterocycles. The van der Waals surface area contributed by atoms with Gasteiger partial charge in [-0.3, -0.25) is 19.4 Å². The molecule has 368 valence electrons. The van der Waals surface area contributed by atoms with Crippen LogP contribution in [0.5, 0.6) is 0 Å². The van der Waals surface area contributed by atoms with Crippen LogP contribution in [0.4, 0.5) is 42.5 Å². The molecule has 0 radical (unpaired) electrons. The third-order valence-electron chi connectivity index (χ3n) is 11.2. The molecule has 6 N–H and O–H groups in total. The fourth-order valence-electron chi connectivity index (χ4n) is 7.39. The van der Waals surface area contributed by atoms with Gasteiger partial charge < -0.3 is 27.0 Å². The number of nitrogens with zero attached hydrogens (tertiary/aromatic N) is 3. The highest BCUT2D eigenvalue weighted by Crippen LogP contribution is 2.32.